The van der Waals surface area contributed by atoms with Crippen LogP contribution in [0.5, 0.6) is 0 Å². The van der Waals surface area contributed by atoms with Gasteiger partial charge in [0.1, 0.15) is 0 Å². The number of carboxylic acid groups (broad SMARTS) is 1. The summed E-state index contributed by atoms with van der Waals surface area (Å²) in [6.07, 6.45) is 5.77. The van der Waals surface area contributed by atoms with E-state index in [2.05, 4.69) is 11.0 Å². The molecule has 1 N–H and O–H groups in total. The zero-order chi connectivity index (χ0) is 15.2. The van der Waals surface area contributed by atoms with Crippen molar-refractivity contribution < 1.29 is 14.6 Å². The van der Waals surface area contributed by atoms with Crippen LogP contribution < -0.4 is 4.90 Å². The molecule has 0 bridgehead atoms. The number of methoxy groups -OCH3 is 1. The molecular formula is C16H18ClNO3. The van der Waals surface area contributed by atoms with E-state index in [1.54, 1.807) is 13.2 Å². The van der Waals surface area contributed by atoms with E-state index in [-0.39, 0.29) is 0 Å². The number of nitrogens with zero attached hydrogens (tertiary/aromatic N) is 1. The number of rotatable bonds is 5. The number of hydrogen-bond donors (Lipinski definition) is 1. The first kappa shape index (κ1) is 15.6. The Morgan fingerprint density at radius 3 is 2.90 bits per heavy atom. The maximum atomic E-state index is 10.5. The van der Waals surface area contributed by atoms with E-state index in [9.17, 15) is 4.79 Å². The normalized spacial score (nSPS) is 15.3. The van der Waals surface area contributed by atoms with Gasteiger partial charge in [0, 0.05) is 26.3 Å². The minimum atomic E-state index is -0.970. The third-order valence-corrected chi connectivity index (χ3v) is 3.67. The molecule has 1 heterocycles. The lowest BCUT2D eigenvalue weighted by molar-refractivity contribution is -0.131. The van der Waals surface area contributed by atoms with Gasteiger partial charge in [0.2, 0.25) is 0 Å². The maximum Gasteiger partial charge on any atom is 0.328 e. The maximum absolute atomic E-state index is 10.5. The second kappa shape index (κ2) is 7.29. The van der Waals surface area contributed by atoms with Gasteiger partial charge in [-0.1, -0.05) is 23.7 Å². The number of anilines is 1. The fraction of sp³-hybridized carbons (Fsp3) is 0.312. The highest BCUT2D eigenvalue weighted by atomic mass is 35.5. The molecule has 0 fully saturated rings. The SMILES string of the molecule is COCC1=CCN(c2ccc(/C=C/C(=O)O)cc2Cl)CC1. The lowest BCUT2D eigenvalue weighted by atomic mass is 10.1. The van der Waals surface area contributed by atoms with E-state index in [0.29, 0.717) is 11.6 Å². The number of benzene rings is 1. The largest absolute Gasteiger partial charge is 0.478 e. The number of hydrogen-bond acceptors (Lipinski definition) is 3. The van der Waals surface area contributed by atoms with Gasteiger partial charge in [-0.2, -0.15) is 0 Å². The fourth-order valence-corrected chi connectivity index (χ4v) is 2.61. The van der Waals surface area contributed by atoms with Crippen LogP contribution in [0.1, 0.15) is 12.0 Å². The summed E-state index contributed by atoms with van der Waals surface area (Å²) in [6, 6.07) is 5.58. The van der Waals surface area contributed by atoms with Crippen LogP contribution in [0.4, 0.5) is 5.69 Å². The van der Waals surface area contributed by atoms with Crippen molar-refractivity contribution in [2.45, 2.75) is 6.42 Å². The molecule has 5 heteroatoms. The van der Waals surface area contributed by atoms with Crippen LogP contribution in [-0.2, 0) is 9.53 Å². The summed E-state index contributed by atoms with van der Waals surface area (Å²) in [5.41, 5.74) is 3.06. The first-order chi connectivity index (χ1) is 10.1. The van der Waals surface area contributed by atoms with Gasteiger partial charge in [-0.25, -0.2) is 4.79 Å². The molecule has 4 nitrogen and oxygen atoms in total. The summed E-state index contributed by atoms with van der Waals surface area (Å²) >= 11 is 6.31. The minimum absolute atomic E-state index is 0.631. The Morgan fingerprint density at radius 1 is 1.52 bits per heavy atom. The van der Waals surface area contributed by atoms with Crippen LogP contribution in [0, 0.1) is 0 Å². The molecule has 21 heavy (non-hydrogen) atoms. The molecule has 0 aromatic heterocycles. The molecule has 0 amide bonds. The quantitative estimate of drug-likeness (QED) is 0.670. The monoisotopic (exact) mass is 307 g/mol. The van der Waals surface area contributed by atoms with Crippen molar-refractivity contribution in [3.63, 3.8) is 0 Å². The molecule has 2 rings (SSSR count). The molecular weight excluding hydrogens is 290 g/mol. The van der Waals surface area contributed by atoms with E-state index in [0.717, 1.165) is 36.8 Å². The fourth-order valence-electron chi connectivity index (χ4n) is 2.30. The Bertz CT molecular complexity index is 581. The molecule has 0 atom stereocenters. The number of aliphatic carboxylic acids is 1. The zero-order valence-corrected chi connectivity index (χ0v) is 12.6. The van der Waals surface area contributed by atoms with Crippen LogP contribution >= 0.6 is 11.6 Å². The lowest BCUT2D eigenvalue weighted by Gasteiger charge is -2.29. The summed E-state index contributed by atoms with van der Waals surface area (Å²) in [7, 11) is 1.70. The van der Waals surface area contributed by atoms with Crippen LogP contribution in [0.3, 0.4) is 0 Å². The van der Waals surface area contributed by atoms with Crippen molar-refractivity contribution in [1.82, 2.24) is 0 Å². The van der Waals surface area contributed by atoms with E-state index in [1.807, 2.05) is 12.1 Å². The average molecular weight is 308 g/mol. The molecule has 0 unspecified atom stereocenters. The number of carbonyl (C=O) groups is 1. The molecule has 0 spiro atoms. The van der Waals surface area contributed by atoms with E-state index < -0.39 is 5.97 Å². The first-order valence-electron chi connectivity index (χ1n) is 6.72. The molecule has 1 aliphatic heterocycles. The summed E-state index contributed by atoms with van der Waals surface area (Å²) < 4.78 is 5.14. The lowest BCUT2D eigenvalue weighted by Crippen LogP contribution is -2.29. The molecule has 1 aromatic carbocycles. The highest BCUT2D eigenvalue weighted by Gasteiger charge is 2.14. The Kier molecular flexibility index (Phi) is 5.42. The predicted octanol–water partition coefficient (Wildman–Crippen LogP) is 3.22. The average Bonchev–Trinajstić information content (AvgIpc) is 2.47. The Balaban J connectivity index is 2.10. The molecule has 0 radical (unpaired) electrons. The van der Waals surface area contributed by atoms with Gasteiger partial charge in [-0.05, 0) is 35.8 Å². The standard InChI is InChI=1S/C16H18ClNO3/c1-21-11-13-6-8-18(9-7-13)15-4-2-12(10-14(15)17)3-5-16(19)20/h2-6,10H,7-9,11H2,1H3,(H,19,20)/b5-3+. The van der Waals surface area contributed by atoms with E-state index >= 15 is 0 Å². The van der Waals surface area contributed by atoms with Crippen LogP contribution in [0.25, 0.3) is 6.08 Å². The summed E-state index contributed by atoms with van der Waals surface area (Å²) in [6.45, 7) is 2.39. The molecule has 1 aliphatic rings. The first-order valence-corrected chi connectivity index (χ1v) is 7.10. The number of carboxylic acids is 1. The molecule has 112 valence electrons. The second-order valence-corrected chi connectivity index (χ2v) is 5.28. The van der Waals surface area contributed by atoms with Gasteiger partial charge in [-0.3, -0.25) is 0 Å². The highest BCUT2D eigenvalue weighted by molar-refractivity contribution is 6.33. The van der Waals surface area contributed by atoms with Crippen molar-refractivity contribution in [3.05, 3.63) is 46.5 Å². The van der Waals surface area contributed by atoms with Crippen LogP contribution in [0.2, 0.25) is 5.02 Å². The van der Waals surface area contributed by atoms with E-state index in [4.69, 9.17) is 21.4 Å². The minimum Gasteiger partial charge on any atom is -0.478 e. The zero-order valence-electron chi connectivity index (χ0n) is 11.9. The summed E-state index contributed by atoms with van der Waals surface area (Å²) in [5.74, 6) is -0.970. The Morgan fingerprint density at radius 2 is 2.33 bits per heavy atom. The Hall–Kier alpha value is -1.78. The highest BCUT2D eigenvalue weighted by Crippen LogP contribution is 2.29. The van der Waals surface area contributed by atoms with Crippen molar-refractivity contribution in [2.75, 3.05) is 31.7 Å². The predicted molar refractivity (Wildman–Crippen MR) is 84.9 cm³/mol. The second-order valence-electron chi connectivity index (χ2n) is 4.87. The summed E-state index contributed by atoms with van der Waals surface area (Å²) in [5, 5.41) is 9.26. The molecule has 0 aliphatic carbocycles. The molecule has 1 aromatic rings. The smallest absolute Gasteiger partial charge is 0.328 e. The van der Waals surface area contributed by atoms with Crippen LogP contribution in [0.15, 0.2) is 35.9 Å². The van der Waals surface area contributed by atoms with Gasteiger partial charge in [0.25, 0.3) is 0 Å². The summed E-state index contributed by atoms with van der Waals surface area (Å²) in [4.78, 5) is 12.7. The molecule has 0 saturated heterocycles. The van der Waals surface area contributed by atoms with Crippen molar-refractivity contribution >= 4 is 29.3 Å². The topological polar surface area (TPSA) is 49.8 Å². The van der Waals surface area contributed by atoms with Gasteiger partial charge >= 0.3 is 5.97 Å². The number of halogens is 1. The Labute approximate surface area is 129 Å². The third-order valence-electron chi connectivity index (χ3n) is 3.36. The molecule has 0 saturated carbocycles. The van der Waals surface area contributed by atoms with Gasteiger partial charge < -0.3 is 14.7 Å². The van der Waals surface area contributed by atoms with Crippen molar-refractivity contribution in [1.29, 1.82) is 0 Å². The number of ether oxygens (including phenoxy) is 1. The van der Waals surface area contributed by atoms with Gasteiger partial charge in [0.15, 0.2) is 0 Å². The van der Waals surface area contributed by atoms with Crippen molar-refractivity contribution in [2.24, 2.45) is 0 Å². The van der Waals surface area contributed by atoms with Crippen molar-refractivity contribution in [3.8, 4) is 0 Å². The van der Waals surface area contributed by atoms with Gasteiger partial charge in [0.05, 0.1) is 17.3 Å². The third kappa shape index (κ3) is 4.34. The van der Waals surface area contributed by atoms with Gasteiger partial charge in [-0.15, -0.1) is 0 Å². The van der Waals surface area contributed by atoms with Crippen LogP contribution in [-0.4, -0.2) is 37.9 Å². The van der Waals surface area contributed by atoms with E-state index in [1.165, 1.54) is 11.6 Å².